The number of fused-ring (bicyclic) bond motifs is 4. The van der Waals surface area contributed by atoms with E-state index >= 15 is 0 Å². The lowest BCUT2D eigenvalue weighted by Crippen LogP contribution is -2.41. The van der Waals surface area contributed by atoms with Crippen molar-refractivity contribution in [3.8, 4) is 29.2 Å². The molecular weight excluding hydrogens is 588 g/mol. The summed E-state index contributed by atoms with van der Waals surface area (Å²) in [5.74, 6) is 1.14. The number of nitrogens with one attached hydrogen (secondary N) is 2. The van der Waals surface area contributed by atoms with Gasteiger partial charge in [-0.3, -0.25) is 4.79 Å². The fraction of sp³-hybridized carbons (Fsp3) is 0.278. The number of carboxylic acid groups (broad SMARTS) is 1. The smallest absolute Gasteiger partial charge is 0.407 e. The van der Waals surface area contributed by atoms with E-state index in [1.54, 1.807) is 18.2 Å². The quantitative estimate of drug-likeness (QED) is 0.0953. The van der Waals surface area contributed by atoms with Gasteiger partial charge in [-0.15, -0.1) is 12.3 Å². The molecule has 0 bridgehead atoms. The lowest BCUT2D eigenvalue weighted by molar-refractivity contribution is -0.139. The second kappa shape index (κ2) is 14.9. The Kier molecular flexibility index (Phi) is 10.4. The molecule has 3 aromatic carbocycles. The van der Waals surface area contributed by atoms with Crippen molar-refractivity contribution >= 4 is 28.9 Å². The maximum absolute atomic E-state index is 12.7. The number of hydrogen-bond donors (Lipinski definition) is 3. The molecular formula is C36H34N2O8. The van der Waals surface area contributed by atoms with Gasteiger partial charge in [-0.25, -0.2) is 14.4 Å². The molecule has 1 aliphatic rings. The Labute approximate surface area is 265 Å². The molecule has 236 valence electrons. The van der Waals surface area contributed by atoms with Crippen molar-refractivity contribution in [1.82, 2.24) is 10.6 Å². The molecule has 10 heteroatoms. The standard InChI is InChI=1S/C36H34N2O8/c1-2-3-10-19-44-24-17-16-23-20-29(35(42)46-32(23)21-24)33(39)37-18-9-8-15-31(34(40)41)38-36(43)45-22-30-27-13-6-4-11-25(27)26-12-5-7-14-28(26)30/h1,4-7,11-14,16-17,20-21,30-31H,3,8-10,15,18-19,22H2,(H,37,39)(H,38,43)(H,40,41)/t31-/m0/s1. The average molecular weight is 623 g/mol. The zero-order valence-corrected chi connectivity index (χ0v) is 25.1. The summed E-state index contributed by atoms with van der Waals surface area (Å²) in [6.07, 6.45) is 6.65. The predicted molar refractivity (Wildman–Crippen MR) is 172 cm³/mol. The van der Waals surface area contributed by atoms with Gasteiger partial charge in [-0.1, -0.05) is 48.5 Å². The molecule has 0 spiro atoms. The first-order chi connectivity index (χ1) is 22.4. The van der Waals surface area contributed by atoms with Crippen LogP contribution >= 0.6 is 0 Å². The van der Waals surface area contributed by atoms with Gasteiger partial charge < -0.3 is 29.6 Å². The molecule has 5 rings (SSSR count). The van der Waals surface area contributed by atoms with E-state index in [4.69, 9.17) is 20.3 Å². The SMILES string of the molecule is C#CCCCOc1ccc2cc(C(=O)NCCCC[C@H](NC(=O)OCC3c4ccccc4-c4ccccc43)C(=O)O)c(=O)oc2c1. The van der Waals surface area contributed by atoms with Crippen LogP contribution in [0.1, 0.15) is 59.5 Å². The van der Waals surface area contributed by atoms with E-state index < -0.39 is 29.6 Å². The Morgan fingerprint density at radius 3 is 2.37 bits per heavy atom. The molecule has 0 radical (unpaired) electrons. The van der Waals surface area contributed by atoms with Crippen molar-refractivity contribution in [3.63, 3.8) is 0 Å². The highest BCUT2D eigenvalue weighted by atomic mass is 16.5. The molecule has 3 N–H and O–H groups in total. The molecule has 1 aliphatic carbocycles. The van der Waals surface area contributed by atoms with Crippen LogP contribution in [-0.4, -0.2) is 48.9 Å². The van der Waals surface area contributed by atoms with Crippen LogP contribution in [0.25, 0.3) is 22.1 Å². The Morgan fingerprint density at radius 1 is 0.957 bits per heavy atom. The molecule has 46 heavy (non-hydrogen) atoms. The number of terminal acetylenes is 1. The van der Waals surface area contributed by atoms with Crippen molar-refractivity contribution in [1.29, 1.82) is 0 Å². The molecule has 0 aliphatic heterocycles. The Balaban J connectivity index is 1.07. The van der Waals surface area contributed by atoms with Gasteiger partial charge in [-0.2, -0.15) is 0 Å². The zero-order chi connectivity index (χ0) is 32.5. The van der Waals surface area contributed by atoms with Crippen molar-refractivity contribution in [2.75, 3.05) is 19.8 Å². The number of amides is 2. The topological polar surface area (TPSA) is 144 Å². The van der Waals surface area contributed by atoms with Crippen LogP contribution in [0, 0.1) is 12.3 Å². The van der Waals surface area contributed by atoms with Gasteiger partial charge in [0.25, 0.3) is 5.91 Å². The fourth-order valence-electron chi connectivity index (χ4n) is 5.51. The molecule has 1 atom stereocenters. The van der Waals surface area contributed by atoms with Crippen LogP contribution in [0.2, 0.25) is 0 Å². The first-order valence-corrected chi connectivity index (χ1v) is 15.1. The summed E-state index contributed by atoms with van der Waals surface area (Å²) in [6.45, 7) is 0.695. The van der Waals surface area contributed by atoms with Crippen molar-refractivity contribution < 1.29 is 33.4 Å². The Hall–Kier alpha value is -5.56. The number of benzene rings is 3. The summed E-state index contributed by atoms with van der Waals surface area (Å²) in [5, 5.41) is 15.3. The number of unbranched alkanes of at least 4 members (excludes halogenated alkanes) is 2. The number of rotatable bonds is 14. The minimum absolute atomic E-state index is 0.0725. The molecule has 0 fully saturated rings. The first kappa shape index (κ1) is 31.9. The normalized spacial score (nSPS) is 12.4. The Bertz CT molecular complexity index is 1790. The van der Waals surface area contributed by atoms with Gasteiger partial charge in [-0.05, 0) is 66.1 Å². The zero-order valence-electron chi connectivity index (χ0n) is 25.1. The van der Waals surface area contributed by atoms with Crippen molar-refractivity contribution in [2.45, 2.75) is 44.1 Å². The number of ether oxygens (including phenoxy) is 2. The maximum Gasteiger partial charge on any atom is 0.407 e. The molecule has 0 saturated carbocycles. The van der Waals surface area contributed by atoms with E-state index in [1.807, 2.05) is 48.5 Å². The van der Waals surface area contributed by atoms with Crippen molar-refractivity contribution in [2.24, 2.45) is 0 Å². The van der Waals surface area contributed by atoms with E-state index in [1.165, 1.54) is 6.07 Å². The molecule has 10 nitrogen and oxygen atoms in total. The van der Waals surface area contributed by atoms with Gasteiger partial charge in [0.1, 0.15) is 29.5 Å². The van der Waals surface area contributed by atoms with Crippen LogP contribution in [0.4, 0.5) is 4.79 Å². The summed E-state index contributed by atoms with van der Waals surface area (Å²) >= 11 is 0. The highest BCUT2D eigenvalue weighted by Crippen LogP contribution is 2.44. The van der Waals surface area contributed by atoms with Crippen LogP contribution < -0.4 is 21.0 Å². The third kappa shape index (κ3) is 7.56. The molecule has 1 aromatic heterocycles. The number of carboxylic acids is 1. The Morgan fingerprint density at radius 2 is 1.67 bits per heavy atom. The van der Waals surface area contributed by atoms with E-state index in [2.05, 4.69) is 16.6 Å². The van der Waals surface area contributed by atoms with Gasteiger partial charge in [0.05, 0.1) is 6.61 Å². The monoisotopic (exact) mass is 622 g/mol. The highest BCUT2D eigenvalue weighted by molar-refractivity contribution is 5.96. The van der Waals surface area contributed by atoms with E-state index in [-0.39, 0.29) is 31.1 Å². The summed E-state index contributed by atoms with van der Waals surface area (Å²) in [6, 6.07) is 21.2. The predicted octanol–water partition coefficient (Wildman–Crippen LogP) is 5.48. The summed E-state index contributed by atoms with van der Waals surface area (Å²) in [4.78, 5) is 49.6. The minimum Gasteiger partial charge on any atom is -0.493 e. The summed E-state index contributed by atoms with van der Waals surface area (Å²) in [5.41, 5.74) is 3.67. The van der Waals surface area contributed by atoms with Gasteiger partial charge in [0, 0.05) is 30.3 Å². The molecule has 0 saturated heterocycles. The first-order valence-electron chi connectivity index (χ1n) is 15.1. The molecule has 1 heterocycles. The number of aliphatic carboxylic acids is 1. The van der Waals surface area contributed by atoms with Gasteiger partial charge in [0.15, 0.2) is 0 Å². The van der Waals surface area contributed by atoms with E-state index in [0.717, 1.165) is 22.3 Å². The molecule has 2 amide bonds. The molecule has 4 aromatic rings. The highest BCUT2D eigenvalue weighted by Gasteiger charge is 2.29. The third-order valence-corrected chi connectivity index (χ3v) is 7.83. The largest absolute Gasteiger partial charge is 0.493 e. The van der Waals surface area contributed by atoms with E-state index in [9.17, 15) is 24.3 Å². The number of alkyl carbamates (subject to hydrolysis) is 1. The summed E-state index contributed by atoms with van der Waals surface area (Å²) in [7, 11) is 0. The van der Waals surface area contributed by atoms with Gasteiger partial charge in [0.2, 0.25) is 0 Å². The van der Waals surface area contributed by atoms with Crippen LogP contribution in [0.15, 0.2) is 82.0 Å². The van der Waals surface area contributed by atoms with Gasteiger partial charge >= 0.3 is 17.7 Å². The number of carbonyl (C=O) groups excluding carboxylic acids is 2. The van der Waals surface area contributed by atoms with E-state index in [0.29, 0.717) is 49.0 Å². The number of carbonyl (C=O) groups is 3. The van der Waals surface area contributed by atoms with Crippen LogP contribution in [0.5, 0.6) is 5.75 Å². The lowest BCUT2D eigenvalue weighted by atomic mass is 9.98. The second-order valence-electron chi connectivity index (χ2n) is 10.9. The number of hydrogen-bond acceptors (Lipinski definition) is 7. The minimum atomic E-state index is -1.19. The third-order valence-electron chi connectivity index (χ3n) is 7.83. The average Bonchev–Trinajstić information content (AvgIpc) is 3.38. The molecule has 0 unspecified atom stereocenters. The summed E-state index contributed by atoms with van der Waals surface area (Å²) < 4.78 is 16.4. The van der Waals surface area contributed by atoms with Crippen LogP contribution in [0.3, 0.4) is 0 Å². The van der Waals surface area contributed by atoms with Crippen LogP contribution in [-0.2, 0) is 9.53 Å². The van der Waals surface area contributed by atoms with Crippen molar-refractivity contribution in [3.05, 3.63) is 99.9 Å². The maximum atomic E-state index is 12.7. The lowest BCUT2D eigenvalue weighted by Gasteiger charge is -2.17. The fourth-order valence-corrected chi connectivity index (χ4v) is 5.51. The second-order valence-corrected chi connectivity index (χ2v) is 10.9.